The third-order valence-corrected chi connectivity index (χ3v) is 1.81. The monoisotopic (exact) mass is 150 g/mol. The van der Waals surface area contributed by atoms with Gasteiger partial charge in [-0.1, -0.05) is 0 Å². The zero-order valence-electron chi connectivity index (χ0n) is 5.96. The number of nitrogens with one attached hydrogen (secondary N) is 1. The van der Waals surface area contributed by atoms with Crippen LogP contribution in [0, 0.1) is 4.91 Å². The molecule has 0 spiro atoms. The summed E-state index contributed by atoms with van der Waals surface area (Å²) < 4.78 is 5.26. The van der Waals surface area contributed by atoms with Gasteiger partial charge in [0, 0.05) is 22.6 Å². The molecule has 1 N–H and O–H groups in total. The van der Waals surface area contributed by atoms with Gasteiger partial charge in [-0.2, -0.15) is 0 Å². The SMILES string of the molecule is O=[NH+]c1ccc2c(c1)OCC2. The molecule has 0 fully saturated rings. The van der Waals surface area contributed by atoms with Crippen LogP contribution in [-0.4, -0.2) is 6.61 Å². The van der Waals surface area contributed by atoms with E-state index in [1.165, 1.54) is 5.56 Å². The van der Waals surface area contributed by atoms with Gasteiger partial charge in [-0.3, -0.25) is 0 Å². The Morgan fingerprint density at radius 2 is 2.36 bits per heavy atom. The quantitative estimate of drug-likeness (QED) is 0.616. The normalized spacial score (nSPS) is 13.8. The average molecular weight is 150 g/mol. The summed E-state index contributed by atoms with van der Waals surface area (Å²) in [5, 5.41) is 1.83. The van der Waals surface area contributed by atoms with Crippen LogP contribution >= 0.6 is 0 Å². The molecular weight excluding hydrogens is 142 g/mol. The summed E-state index contributed by atoms with van der Waals surface area (Å²) in [7, 11) is 0. The summed E-state index contributed by atoms with van der Waals surface area (Å²) in [5.74, 6) is 0.839. The highest BCUT2D eigenvalue weighted by Gasteiger charge is 2.13. The molecule has 3 nitrogen and oxygen atoms in total. The fourth-order valence-corrected chi connectivity index (χ4v) is 1.23. The van der Waals surface area contributed by atoms with Crippen LogP contribution in [0.2, 0.25) is 0 Å². The summed E-state index contributed by atoms with van der Waals surface area (Å²) >= 11 is 0. The molecule has 2 rings (SSSR count). The second-order valence-corrected chi connectivity index (χ2v) is 2.52. The first-order valence-corrected chi connectivity index (χ1v) is 3.54. The standard InChI is InChI=1S/C8H7NO2/c10-9-7-2-1-6-3-4-11-8(6)5-7/h1-2,5H,3-4H2/p+1. The number of nitroso groups, excluding NO2 is 1. The van der Waals surface area contributed by atoms with Crippen LogP contribution in [0.25, 0.3) is 0 Å². The molecule has 1 aliphatic rings. The first kappa shape index (κ1) is 6.34. The number of ether oxygens (including phenoxy) is 1. The van der Waals surface area contributed by atoms with E-state index in [0.717, 1.165) is 18.8 Å². The number of hydrogen-bond donors (Lipinski definition) is 1. The lowest BCUT2D eigenvalue weighted by Gasteiger charge is -1.94. The summed E-state index contributed by atoms with van der Waals surface area (Å²) in [6, 6.07) is 5.42. The van der Waals surface area contributed by atoms with Gasteiger partial charge in [0.15, 0.2) is 0 Å². The average Bonchev–Trinajstić information content (AvgIpc) is 2.50. The molecule has 1 aromatic carbocycles. The second-order valence-electron chi connectivity index (χ2n) is 2.52. The first-order valence-electron chi connectivity index (χ1n) is 3.54. The van der Waals surface area contributed by atoms with Crippen LogP contribution < -0.4 is 9.91 Å². The molecule has 0 radical (unpaired) electrons. The number of fused-ring (bicyclic) bond motifs is 1. The molecule has 56 valence electrons. The van der Waals surface area contributed by atoms with E-state index in [0.29, 0.717) is 5.69 Å². The van der Waals surface area contributed by atoms with Gasteiger partial charge >= 0.3 is 0 Å². The molecule has 0 saturated heterocycles. The maximum absolute atomic E-state index is 10.2. The van der Waals surface area contributed by atoms with Crippen molar-refractivity contribution in [2.75, 3.05) is 6.61 Å². The molecule has 0 amide bonds. The van der Waals surface area contributed by atoms with Gasteiger partial charge in [0.25, 0.3) is 5.69 Å². The molecule has 11 heavy (non-hydrogen) atoms. The van der Waals surface area contributed by atoms with Crippen molar-refractivity contribution < 1.29 is 9.91 Å². The Morgan fingerprint density at radius 3 is 3.18 bits per heavy atom. The van der Waals surface area contributed by atoms with E-state index in [-0.39, 0.29) is 0 Å². The zero-order chi connectivity index (χ0) is 7.68. The molecule has 0 atom stereocenters. The van der Waals surface area contributed by atoms with E-state index in [4.69, 9.17) is 4.74 Å². The van der Waals surface area contributed by atoms with E-state index in [1.807, 2.05) is 11.2 Å². The zero-order valence-corrected chi connectivity index (χ0v) is 5.96. The van der Waals surface area contributed by atoms with Crippen molar-refractivity contribution in [2.45, 2.75) is 6.42 Å². The minimum atomic E-state index is 0.561. The largest absolute Gasteiger partial charge is 0.493 e. The van der Waals surface area contributed by atoms with Crippen LogP contribution in [-0.2, 0) is 6.42 Å². The minimum Gasteiger partial charge on any atom is -0.493 e. The van der Waals surface area contributed by atoms with Crippen molar-refractivity contribution in [3.05, 3.63) is 28.7 Å². The van der Waals surface area contributed by atoms with Crippen LogP contribution in [0.3, 0.4) is 0 Å². The predicted molar refractivity (Wildman–Crippen MR) is 39.6 cm³/mol. The fraction of sp³-hybridized carbons (Fsp3) is 0.250. The van der Waals surface area contributed by atoms with Crippen molar-refractivity contribution >= 4 is 5.69 Å². The van der Waals surface area contributed by atoms with Crippen LogP contribution in [0.1, 0.15) is 5.56 Å². The molecule has 3 heteroatoms. The first-order chi connectivity index (χ1) is 5.40. The van der Waals surface area contributed by atoms with Crippen LogP contribution in [0.4, 0.5) is 5.69 Å². The van der Waals surface area contributed by atoms with Gasteiger partial charge in [-0.05, 0) is 11.6 Å². The highest BCUT2D eigenvalue weighted by Crippen LogP contribution is 2.26. The lowest BCUT2D eigenvalue weighted by Crippen LogP contribution is -2.55. The summed E-state index contributed by atoms with van der Waals surface area (Å²) in [6.07, 6.45) is 0.953. The molecule has 0 unspecified atom stereocenters. The van der Waals surface area contributed by atoms with E-state index in [1.54, 1.807) is 12.1 Å². The number of hydrogen-bond acceptors (Lipinski definition) is 2. The van der Waals surface area contributed by atoms with E-state index < -0.39 is 0 Å². The molecule has 1 aliphatic heterocycles. The predicted octanol–water partition coefficient (Wildman–Crippen LogP) is 0.1000. The van der Waals surface area contributed by atoms with Crippen molar-refractivity contribution in [3.8, 4) is 5.75 Å². The smallest absolute Gasteiger partial charge is 0.257 e. The Bertz CT molecular complexity index is 296. The topological polar surface area (TPSA) is 40.3 Å². The van der Waals surface area contributed by atoms with E-state index in [2.05, 4.69) is 0 Å². The van der Waals surface area contributed by atoms with Crippen LogP contribution in [0.15, 0.2) is 18.2 Å². The molecule has 0 saturated carbocycles. The Morgan fingerprint density at radius 1 is 1.45 bits per heavy atom. The van der Waals surface area contributed by atoms with Crippen molar-refractivity contribution in [2.24, 2.45) is 0 Å². The molecule has 0 aromatic heterocycles. The molecule has 1 aromatic rings. The molecular formula is C8H8NO2+. The van der Waals surface area contributed by atoms with Gasteiger partial charge in [-0.15, -0.1) is 0 Å². The maximum atomic E-state index is 10.2. The number of rotatable bonds is 1. The van der Waals surface area contributed by atoms with Crippen LogP contribution in [0.5, 0.6) is 5.75 Å². The second kappa shape index (κ2) is 2.34. The summed E-state index contributed by atoms with van der Waals surface area (Å²) in [5.41, 5.74) is 1.75. The summed E-state index contributed by atoms with van der Waals surface area (Å²) in [6.45, 7) is 0.734. The molecule has 0 aliphatic carbocycles. The van der Waals surface area contributed by atoms with Gasteiger partial charge < -0.3 is 4.74 Å². The molecule has 1 heterocycles. The van der Waals surface area contributed by atoms with E-state index in [9.17, 15) is 4.91 Å². The lowest BCUT2D eigenvalue weighted by atomic mass is 10.1. The van der Waals surface area contributed by atoms with Crippen molar-refractivity contribution in [3.63, 3.8) is 0 Å². The van der Waals surface area contributed by atoms with E-state index >= 15 is 0 Å². The van der Waals surface area contributed by atoms with Crippen molar-refractivity contribution in [1.29, 1.82) is 0 Å². The Hall–Kier alpha value is -1.38. The minimum absolute atomic E-state index is 0.561. The maximum Gasteiger partial charge on any atom is 0.257 e. The highest BCUT2D eigenvalue weighted by atomic mass is 16.5. The third kappa shape index (κ3) is 0.981. The summed E-state index contributed by atoms with van der Waals surface area (Å²) in [4.78, 5) is 10.2. The Kier molecular flexibility index (Phi) is 1.35. The fourth-order valence-electron chi connectivity index (χ4n) is 1.23. The highest BCUT2D eigenvalue weighted by molar-refractivity contribution is 5.45. The number of benzene rings is 1. The molecule has 0 bridgehead atoms. The lowest BCUT2D eigenvalue weighted by molar-refractivity contribution is -0.379. The van der Waals surface area contributed by atoms with Gasteiger partial charge in [0.05, 0.1) is 12.7 Å². The van der Waals surface area contributed by atoms with Gasteiger partial charge in [-0.25, -0.2) is 0 Å². The Balaban J connectivity index is 2.48. The van der Waals surface area contributed by atoms with Crippen molar-refractivity contribution in [1.82, 2.24) is 0 Å². The van der Waals surface area contributed by atoms with Gasteiger partial charge in [0.2, 0.25) is 0 Å². The Labute approximate surface area is 64.0 Å². The van der Waals surface area contributed by atoms with Gasteiger partial charge in [0.1, 0.15) is 5.75 Å². The third-order valence-electron chi connectivity index (χ3n) is 1.81.